The minimum atomic E-state index is -0.382. The third-order valence-electron chi connectivity index (χ3n) is 5.82. The monoisotopic (exact) mass is 495 g/mol. The van der Waals surface area contributed by atoms with Gasteiger partial charge in [0.2, 0.25) is 11.8 Å². The van der Waals surface area contributed by atoms with Crippen molar-refractivity contribution in [2.45, 2.75) is 6.92 Å². The molecule has 36 heavy (non-hydrogen) atoms. The molecule has 0 unspecified atom stereocenters. The lowest BCUT2D eigenvalue weighted by Crippen LogP contribution is -2.39. The fourth-order valence-electron chi connectivity index (χ4n) is 3.82. The molecule has 2 saturated heterocycles. The van der Waals surface area contributed by atoms with Gasteiger partial charge in [-0.05, 0) is 25.1 Å². The van der Waals surface area contributed by atoms with Crippen molar-refractivity contribution < 1.29 is 19.0 Å². The Balaban J connectivity index is 1.50. The summed E-state index contributed by atoms with van der Waals surface area (Å²) in [6.45, 7) is 12.6. The Bertz CT molecular complexity index is 1070. The van der Waals surface area contributed by atoms with Crippen LogP contribution >= 0.6 is 0 Å². The second-order valence-electron chi connectivity index (χ2n) is 8.22. The van der Waals surface area contributed by atoms with E-state index in [4.69, 9.17) is 14.2 Å². The number of nitrogens with one attached hydrogen (secondary N) is 1. The second-order valence-corrected chi connectivity index (χ2v) is 8.22. The van der Waals surface area contributed by atoms with Gasteiger partial charge in [0.1, 0.15) is 12.3 Å². The van der Waals surface area contributed by atoms with Crippen LogP contribution < -0.4 is 15.0 Å². The maximum atomic E-state index is 13.2. The molecule has 0 spiro atoms. The van der Waals surface area contributed by atoms with Crippen molar-refractivity contribution in [3.63, 3.8) is 0 Å². The third kappa shape index (κ3) is 7.00. The summed E-state index contributed by atoms with van der Waals surface area (Å²) >= 11 is 0. The Morgan fingerprint density at radius 2 is 1.92 bits per heavy atom. The lowest BCUT2D eigenvalue weighted by atomic mass is 10.3. The van der Waals surface area contributed by atoms with E-state index in [-0.39, 0.29) is 11.6 Å². The summed E-state index contributed by atoms with van der Waals surface area (Å²) < 4.78 is 18.5. The van der Waals surface area contributed by atoms with Crippen LogP contribution in [-0.4, -0.2) is 96.3 Å². The van der Waals surface area contributed by atoms with E-state index >= 15 is 0 Å². The zero-order valence-corrected chi connectivity index (χ0v) is 20.6. The van der Waals surface area contributed by atoms with Crippen LogP contribution in [0, 0.1) is 0 Å². The zero-order valence-electron chi connectivity index (χ0n) is 20.6. The maximum absolute atomic E-state index is 13.2. The molecular weight excluding hydrogens is 462 g/mol. The van der Waals surface area contributed by atoms with Crippen molar-refractivity contribution in [3.8, 4) is 5.88 Å². The van der Waals surface area contributed by atoms with E-state index in [9.17, 15) is 4.79 Å². The number of nitrogens with zero attached hydrogens (tertiary/aromatic N) is 6. The molecule has 192 valence electrons. The van der Waals surface area contributed by atoms with Gasteiger partial charge in [-0.25, -0.2) is 9.67 Å². The highest BCUT2D eigenvalue weighted by molar-refractivity contribution is 5.94. The minimum absolute atomic E-state index is 0.210. The number of ether oxygens (including phenoxy) is 3. The Morgan fingerprint density at radius 1 is 1.17 bits per heavy atom. The fourth-order valence-corrected chi connectivity index (χ4v) is 3.82. The summed E-state index contributed by atoms with van der Waals surface area (Å²) in [6.07, 6.45) is 8.78. The van der Waals surface area contributed by atoms with Gasteiger partial charge in [-0.15, -0.1) is 0 Å². The van der Waals surface area contributed by atoms with Crippen molar-refractivity contribution in [1.82, 2.24) is 30.0 Å². The van der Waals surface area contributed by atoms with E-state index in [1.807, 2.05) is 30.2 Å². The van der Waals surface area contributed by atoms with Crippen molar-refractivity contribution in [1.29, 1.82) is 0 Å². The van der Waals surface area contributed by atoms with Gasteiger partial charge < -0.3 is 24.4 Å². The number of carbonyl (C=O) groups excluding carboxylic acids is 1. The normalized spacial score (nSPS) is 17.6. The van der Waals surface area contributed by atoms with Gasteiger partial charge in [0.25, 0.3) is 5.91 Å². The summed E-state index contributed by atoms with van der Waals surface area (Å²) in [4.78, 5) is 26.6. The topological polar surface area (TPSA) is 107 Å². The number of anilines is 1. The number of hydrogen-bond donors (Lipinski definition) is 1. The average Bonchev–Trinajstić information content (AvgIpc) is 3.47. The molecule has 4 heterocycles. The molecule has 0 saturated carbocycles. The van der Waals surface area contributed by atoms with Gasteiger partial charge in [-0.1, -0.05) is 12.7 Å². The fraction of sp³-hybridized carbons (Fsp3) is 0.440. The standard InChI is InChI=1S/C25H33N7O4/c1-3-20(18-21(4-2)32-7-5-6-26-32)27-24(33)22-19-23(36-17-10-30-8-13-34-14-9-30)29-25(28-22)31-11-15-35-16-12-31/h3-7,18-19H,1,8-17H2,2H3,(H,27,33)/b20-18+,21-4+. The van der Waals surface area contributed by atoms with Crippen LogP contribution in [0.2, 0.25) is 0 Å². The summed E-state index contributed by atoms with van der Waals surface area (Å²) in [5.41, 5.74) is 1.52. The Morgan fingerprint density at radius 3 is 2.58 bits per heavy atom. The molecule has 2 aromatic rings. The van der Waals surface area contributed by atoms with Crippen LogP contribution in [0.25, 0.3) is 5.70 Å². The van der Waals surface area contributed by atoms with Crippen LogP contribution in [0.15, 0.2) is 55.0 Å². The van der Waals surface area contributed by atoms with Gasteiger partial charge >= 0.3 is 0 Å². The van der Waals surface area contributed by atoms with Crippen molar-refractivity contribution in [2.24, 2.45) is 0 Å². The number of amides is 1. The molecule has 2 aliphatic rings. The SMILES string of the molecule is C=C/C(=C\C(=C/C)n1cccn1)NC(=O)c1cc(OCCN2CCOCC2)nc(N2CCOCC2)n1. The largest absolute Gasteiger partial charge is 0.476 e. The van der Waals surface area contributed by atoms with Crippen LogP contribution in [0.5, 0.6) is 5.88 Å². The summed E-state index contributed by atoms with van der Waals surface area (Å²) in [5, 5.41) is 7.13. The lowest BCUT2D eigenvalue weighted by Gasteiger charge is -2.27. The average molecular weight is 496 g/mol. The highest BCUT2D eigenvalue weighted by atomic mass is 16.5. The lowest BCUT2D eigenvalue weighted by molar-refractivity contribution is 0.0320. The molecule has 0 bridgehead atoms. The maximum Gasteiger partial charge on any atom is 0.274 e. The molecule has 0 atom stereocenters. The summed E-state index contributed by atoms with van der Waals surface area (Å²) in [5.74, 6) is 0.425. The molecule has 1 amide bonds. The van der Waals surface area contributed by atoms with Crippen LogP contribution in [-0.2, 0) is 9.47 Å². The number of rotatable bonds is 10. The molecule has 11 heteroatoms. The number of aromatic nitrogens is 4. The van der Waals surface area contributed by atoms with Crippen molar-refractivity contribution >= 4 is 17.6 Å². The van der Waals surface area contributed by atoms with E-state index in [0.29, 0.717) is 50.4 Å². The Hall–Kier alpha value is -3.54. The van der Waals surface area contributed by atoms with Gasteiger partial charge in [0.15, 0.2) is 0 Å². The van der Waals surface area contributed by atoms with Crippen LogP contribution in [0.3, 0.4) is 0 Å². The second kappa shape index (κ2) is 13.0. The van der Waals surface area contributed by atoms with Gasteiger partial charge in [-0.3, -0.25) is 9.69 Å². The van der Waals surface area contributed by atoms with Gasteiger partial charge in [0, 0.05) is 56.9 Å². The number of morpholine rings is 2. The molecule has 2 aliphatic heterocycles. The highest BCUT2D eigenvalue weighted by Gasteiger charge is 2.20. The first-order valence-corrected chi connectivity index (χ1v) is 12.1. The van der Waals surface area contributed by atoms with Crippen molar-refractivity contribution in [2.75, 3.05) is 70.7 Å². The van der Waals surface area contributed by atoms with Crippen LogP contribution in [0.1, 0.15) is 17.4 Å². The van der Waals surface area contributed by atoms with E-state index < -0.39 is 0 Å². The number of hydrogen-bond acceptors (Lipinski definition) is 9. The zero-order chi connectivity index (χ0) is 25.2. The summed E-state index contributed by atoms with van der Waals surface area (Å²) in [6, 6.07) is 3.40. The molecule has 2 fully saturated rings. The van der Waals surface area contributed by atoms with Crippen molar-refractivity contribution in [3.05, 3.63) is 60.7 Å². The molecule has 4 rings (SSSR count). The molecule has 0 aromatic carbocycles. The first-order valence-electron chi connectivity index (χ1n) is 12.1. The van der Waals surface area contributed by atoms with E-state index in [1.54, 1.807) is 29.1 Å². The first-order chi connectivity index (χ1) is 17.7. The molecular formula is C25H33N7O4. The Kier molecular flexibility index (Phi) is 9.20. The quantitative estimate of drug-likeness (QED) is 0.492. The van der Waals surface area contributed by atoms with Gasteiger partial charge in [0.05, 0.1) is 32.1 Å². The molecule has 0 aliphatic carbocycles. The molecule has 1 N–H and O–H groups in total. The van der Waals surface area contributed by atoms with Crippen LogP contribution in [0.4, 0.5) is 5.95 Å². The molecule has 11 nitrogen and oxygen atoms in total. The minimum Gasteiger partial charge on any atom is -0.476 e. The van der Waals surface area contributed by atoms with E-state index in [1.165, 1.54) is 0 Å². The molecule has 0 radical (unpaired) electrons. The predicted molar refractivity (Wildman–Crippen MR) is 136 cm³/mol. The number of carbonyl (C=O) groups is 1. The van der Waals surface area contributed by atoms with Gasteiger partial charge in [-0.2, -0.15) is 10.1 Å². The van der Waals surface area contributed by atoms with E-state index in [2.05, 4.69) is 31.9 Å². The number of allylic oxidation sites excluding steroid dienone is 4. The predicted octanol–water partition coefficient (Wildman–Crippen LogP) is 1.58. The summed E-state index contributed by atoms with van der Waals surface area (Å²) in [7, 11) is 0. The third-order valence-corrected chi connectivity index (χ3v) is 5.82. The first kappa shape index (κ1) is 25.5. The Labute approximate surface area is 211 Å². The van der Waals surface area contributed by atoms with E-state index in [0.717, 1.165) is 38.5 Å². The smallest absolute Gasteiger partial charge is 0.274 e. The highest BCUT2D eigenvalue weighted by Crippen LogP contribution is 2.18. The molecule has 2 aromatic heterocycles.